The second kappa shape index (κ2) is 6.01. The highest BCUT2D eigenvalue weighted by atomic mass is 32.1. The second-order valence-electron chi connectivity index (χ2n) is 4.79. The molecule has 3 heterocycles. The first-order valence-corrected chi connectivity index (χ1v) is 8.59. The summed E-state index contributed by atoms with van der Waals surface area (Å²) >= 11 is 2.83. The van der Waals surface area contributed by atoms with Gasteiger partial charge in [-0.1, -0.05) is 22.7 Å². The zero-order chi connectivity index (χ0) is 15.7. The molecular formula is C13H16N6OS2. The number of aromatic nitrogens is 4. The van der Waals surface area contributed by atoms with E-state index in [1.54, 1.807) is 10.0 Å². The molecular weight excluding hydrogens is 320 g/mol. The van der Waals surface area contributed by atoms with Gasteiger partial charge in [0.15, 0.2) is 5.13 Å². The van der Waals surface area contributed by atoms with Gasteiger partial charge in [-0.15, -0.1) is 0 Å². The molecule has 0 bridgehead atoms. The fourth-order valence-electron chi connectivity index (χ4n) is 2.03. The molecule has 116 valence electrons. The lowest BCUT2D eigenvalue weighted by Gasteiger charge is -2.10. The van der Waals surface area contributed by atoms with E-state index in [9.17, 15) is 4.79 Å². The van der Waals surface area contributed by atoms with Crippen LogP contribution in [0.2, 0.25) is 0 Å². The van der Waals surface area contributed by atoms with E-state index in [2.05, 4.69) is 25.7 Å². The summed E-state index contributed by atoms with van der Waals surface area (Å²) in [6.07, 6.45) is 1.83. The number of aryl methyl sites for hydroxylation is 1. The second-order valence-corrected chi connectivity index (χ2v) is 6.60. The molecule has 3 aromatic heterocycles. The van der Waals surface area contributed by atoms with Gasteiger partial charge >= 0.3 is 0 Å². The van der Waals surface area contributed by atoms with E-state index < -0.39 is 0 Å². The summed E-state index contributed by atoms with van der Waals surface area (Å²) in [4.78, 5) is 22.7. The smallest absolute Gasteiger partial charge is 0.263 e. The molecule has 0 aliphatic heterocycles. The predicted molar refractivity (Wildman–Crippen MR) is 87.8 cm³/mol. The minimum Gasteiger partial charge on any atom is -0.362 e. The number of amides is 1. The molecule has 22 heavy (non-hydrogen) atoms. The van der Waals surface area contributed by atoms with Gasteiger partial charge in [-0.25, -0.2) is 14.5 Å². The van der Waals surface area contributed by atoms with Gasteiger partial charge in [-0.2, -0.15) is 5.10 Å². The topological polar surface area (TPSA) is 84.2 Å². The number of hydrogen-bond donors (Lipinski definition) is 2. The Kier molecular flexibility index (Phi) is 4.08. The maximum Gasteiger partial charge on any atom is 0.263 e. The molecule has 0 aromatic carbocycles. The van der Waals surface area contributed by atoms with Gasteiger partial charge in [-0.3, -0.25) is 4.79 Å². The van der Waals surface area contributed by atoms with Gasteiger partial charge in [0.25, 0.3) is 5.91 Å². The molecule has 0 aliphatic rings. The van der Waals surface area contributed by atoms with Crippen LogP contribution in [0.1, 0.15) is 40.9 Å². The number of carbonyl (C=O) groups excluding carboxylic acids is 1. The van der Waals surface area contributed by atoms with Crippen molar-refractivity contribution in [2.75, 3.05) is 11.9 Å². The molecule has 3 rings (SSSR count). The summed E-state index contributed by atoms with van der Waals surface area (Å²) in [5.41, 5.74) is 3.26. The first-order valence-electron chi connectivity index (χ1n) is 6.89. The van der Waals surface area contributed by atoms with Crippen molar-refractivity contribution >= 4 is 38.7 Å². The fourth-order valence-corrected chi connectivity index (χ4v) is 3.58. The number of thiazole rings is 1. The van der Waals surface area contributed by atoms with Crippen molar-refractivity contribution in [3.63, 3.8) is 0 Å². The number of hydrogen-bond acceptors (Lipinski definition) is 7. The maximum absolute atomic E-state index is 12.4. The monoisotopic (exact) mass is 336 g/mol. The van der Waals surface area contributed by atoms with Crippen LogP contribution in [-0.4, -0.2) is 32.0 Å². The Morgan fingerprint density at radius 2 is 2.27 bits per heavy atom. The molecule has 0 unspecified atom stereocenters. The maximum atomic E-state index is 12.4. The molecule has 0 radical (unpaired) electrons. The lowest BCUT2D eigenvalue weighted by atomic mass is 10.2. The van der Waals surface area contributed by atoms with E-state index in [0.29, 0.717) is 4.88 Å². The van der Waals surface area contributed by atoms with Crippen molar-refractivity contribution in [2.24, 2.45) is 0 Å². The van der Waals surface area contributed by atoms with Crippen LogP contribution >= 0.6 is 22.7 Å². The number of anilines is 1. The van der Waals surface area contributed by atoms with Crippen molar-refractivity contribution in [3.8, 4) is 0 Å². The van der Waals surface area contributed by atoms with E-state index >= 15 is 0 Å². The van der Waals surface area contributed by atoms with Gasteiger partial charge in [0.2, 0.25) is 4.96 Å². The van der Waals surface area contributed by atoms with Gasteiger partial charge in [0.1, 0.15) is 10.4 Å². The normalized spacial score (nSPS) is 12.5. The van der Waals surface area contributed by atoms with E-state index in [0.717, 1.165) is 28.0 Å². The lowest BCUT2D eigenvalue weighted by Crippen LogP contribution is -2.26. The summed E-state index contributed by atoms with van der Waals surface area (Å²) in [6, 6.07) is -0.189. The first-order chi connectivity index (χ1) is 10.6. The molecule has 2 N–H and O–H groups in total. The van der Waals surface area contributed by atoms with Crippen LogP contribution in [0, 0.1) is 6.92 Å². The van der Waals surface area contributed by atoms with Crippen molar-refractivity contribution in [2.45, 2.75) is 26.8 Å². The fraction of sp³-hybridized carbons (Fsp3) is 0.385. The average Bonchev–Trinajstić information content (AvgIpc) is 3.12. The van der Waals surface area contributed by atoms with E-state index in [-0.39, 0.29) is 11.9 Å². The lowest BCUT2D eigenvalue weighted by molar-refractivity contribution is 0.0942. The van der Waals surface area contributed by atoms with Gasteiger partial charge in [-0.05, 0) is 20.8 Å². The van der Waals surface area contributed by atoms with Crippen LogP contribution in [0.3, 0.4) is 0 Å². The Balaban J connectivity index is 1.74. The highest BCUT2D eigenvalue weighted by Gasteiger charge is 2.19. The average molecular weight is 336 g/mol. The highest BCUT2D eigenvalue weighted by molar-refractivity contribution is 7.17. The molecule has 1 amide bonds. The Morgan fingerprint density at radius 3 is 3.00 bits per heavy atom. The number of rotatable bonds is 5. The SMILES string of the molecule is CCNc1nc(C)c(C(=O)N[C@@H](C)c2cn3ncsc3n2)s1. The largest absolute Gasteiger partial charge is 0.362 e. The molecule has 0 aliphatic carbocycles. The van der Waals surface area contributed by atoms with Crippen molar-refractivity contribution in [1.29, 1.82) is 0 Å². The standard InChI is InChI=1S/C13H16N6OS2/c1-4-14-12-17-8(3)10(22-12)11(20)16-7(2)9-5-19-13(18-9)21-6-15-19/h5-7H,4H2,1-3H3,(H,14,17)(H,16,20)/t7-/m0/s1. The minimum absolute atomic E-state index is 0.129. The molecule has 1 atom stereocenters. The number of imidazole rings is 1. The molecule has 0 saturated heterocycles. The third-order valence-corrected chi connectivity index (χ3v) is 4.93. The van der Waals surface area contributed by atoms with Crippen LogP contribution < -0.4 is 10.6 Å². The van der Waals surface area contributed by atoms with E-state index in [4.69, 9.17) is 0 Å². The van der Waals surface area contributed by atoms with Gasteiger partial charge in [0, 0.05) is 6.54 Å². The summed E-state index contributed by atoms with van der Waals surface area (Å²) in [6.45, 7) is 6.53. The molecule has 9 heteroatoms. The van der Waals surface area contributed by atoms with Crippen LogP contribution in [-0.2, 0) is 0 Å². The summed E-state index contributed by atoms with van der Waals surface area (Å²) in [5.74, 6) is -0.129. The molecule has 7 nitrogen and oxygen atoms in total. The third-order valence-electron chi connectivity index (χ3n) is 3.13. The third kappa shape index (κ3) is 2.81. The summed E-state index contributed by atoms with van der Waals surface area (Å²) in [7, 11) is 0. The Hall–Kier alpha value is -2.00. The molecule has 3 aromatic rings. The van der Waals surface area contributed by atoms with Crippen LogP contribution in [0.15, 0.2) is 11.7 Å². The van der Waals surface area contributed by atoms with E-state index in [1.807, 2.05) is 27.0 Å². The summed E-state index contributed by atoms with van der Waals surface area (Å²) < 4.78 is 1.71. The zero-order valence-corrected chi connectivity index (χ0v) is 14.1. The van der Waals surface area contributed by atoms with Crippen molar-refractivity contribution < 1.29 is 4.79 Å². The minimum atomic E-state index is -0.189. The van der Waals surface area contributed by atoms with Gasteiger partial charge in [0.05, 0.1) is 23.6 Å². The highest BCUT2D eigenvalue weighted by Crippen LogP contribution is 2.23. The molecule has 0 saturated carbocycles. The van der Waals surface area contributed by atoms with Crippen molar-refractivity contribution in [3.05, 3.63) is 28.0 Å². The van der Waals surface area contributed by atoms with Crippen LogP contribution in [0.5, 0.6) is 0 Å². The first kappa shape index (κ1) is 14.9. The van der Waals surface area contributed by atoms with E-state index in [1.165, 1.54) is 22.7 Å². The number of carbonyl (C=O) groups is 1. The Bertz CT molecular complexity index is 776. The quantitative estimate of drug-likeness (QED) is 0.748. The summed E-state index contributed by atoms with van der Waals surface area (Å²) in [5, 5.41) is 11.0. The van der Waals surface area contributed by atoms with Gasteiger partial charge < -0.3 is 10.6 Å². The number of nitrogens with one attached hydrogen (secondary N) is 2. The number of nitrogens with zero attached hydrogens (tertiary/aromatic N) is 4. The van der Waals surface area contributed by atoms with Crippen molar-refractivity contribution in [1.82, 2.24) is 24.9 Å². The zero-order valence-electron chi connectivity index (χ0n) is 12.5. The Labute approximate surface area is 135 Å². The number of fused-ring (bicyclic) bond motifs is 1. The Morgan fingerprint density at radius 1 is 1.45 bits per heavy atom. The predicted octanol–water partition coefficient (Wildman–Crippen LogP) is 2.48. The molecule has 0 fully saturated rings. The van der Waals surface area contributed by atoms with Crippen LogP contribution in [0.4, 0.5) is 5.13 Å². The van der Waals surface area contributed by atoms with Crippen LogP contribution in [0.25, 0.3) is 4.96 Å². The molecule has 0 spiro atoms.